The van der Waals surface area contributed by atoms with Crippen LogP contribution in [0.3, 0.4) is 0 Å². The molecule has 0 radical (unpaired) electrons. The molecule has 13 heteroatoms. The first-order valence-electron chi connectivity index (χ1n) is 12.1. The summed E-state index contributed by atoms with van der Waals surface area (Å²) in [7, 11) is -2.99. The van der Waals surface area contributed by atoms with Crippen molar-refractivity contribution in [1.29, 1.82) is 0 Å². The fourth-order valence-electron chi connectivity index (χ4n) is 4.33. The Kier molecular flexibility index (Phi) is 8.35. The van der Waals surface area contributed by atoms with Crippen LogP contribution in [0, 0.1) is 6.92 Å². The van der Waals surface area contributed by atoms with Gasteiger partial charge in [0.1, 0.15) is 0 Å². The highest BCUT2D eigenvalue weighted by Gasteiger charge is 2.62. The molecule has 2 atom stereocenters. The maximum Gasteiger partial charge on any atom is 0.435 e. The van der Waals surface area contributed by atoms with Crippen molar-refractivity contribution in [3.8, 4) is 0 Å². The molecule has 1 saturated carbocycles. The van der Waals surface area contributed by atoms with Crippen molar-refractivity contribution >= 4 is 50.5 Å². The summed E-state index contributed by atoms with van der Waals surface area (Å²) in [5, 5.41) is 6.62. The lowest BCUT2D eigenvalue weighted by molar-refractivity contribution is -0.275. The van der Waals surface area contributed by atoms with Gasteiger partial charge in [0, 0.05) is 52.1 Å². The molecule has 0 spiro atoms. The van der Waals surface area contributed by atoms with Crippen molar-refractivity contribution in [2.45, 2.75) is 56.8 Å². The molecule has 2 aromatic rings. The van der Waals surface area contributed by atoms with E-state index in [0.717, 1.165) is 31.4 Å². The molecule has 0 saturated heterocycles. The molecule has 39 heavy (non-hydrogen) atoms. The summed E-state index contributed by atoms with van der Waals surface area (Å²) in [5.74, 6) is -1.05. The van der Waals surface area contributed by atoms with Crippen LogP contribution >= 0.6 is 23.2 Å². The van der Waals surface area contributed by atoms with Crippen molar-refractivity contribution in [2.75, 3.05) is 12.0 Å². The summed E-state index contributed by atoms with van der Waals surface area (Å²) in [5.41, 5.74) is -2.21. The third kappa shape index (κ3) is 6.58. The van der Waals surface area contributed by atoms with E-state index in [0.29, 0.717) is 11.1 Å². The molecule has 2 aliphatic rings. The smallest absolute Gasteiger partial charge is 0.374 e. The van der Waals surface area contributed by atoms with E-state index in [4.69, 9.17) is 28.0 Å². The highest BCUT2D eigenvalue weighted by atomic mass is 35.5. The van der Waals surface area contributed by atoms with Crippen molar-refractivity contribution in [1.82, 2.24) is 5.32 Å². The molecule has 4 rings (SSSR count). The Morgan fingerprint density at radius 2 is 1.85 bits per heavy atom. The number of carbonyl (C=O) groups excluding carboxylic acids is 2. The van der Waals surface area contributed by atoms with Crippen LogP contribution < -0.4 is 5.32 Å². The van der Waals surface area contributed by atoms with Crippen LogP contribution in [-0.4, -0.2) is 46.0 Å². The second kappa shape index (κ2) is 11.1. The molecule has 2 aromatic carbocycles. The van der Waals surface area contributed by atoms with Crippen LogP contribution in [0.1, 0.15) is 59.2 Å². The van der Waals surface area contributed by atoms with Crippen LogP contribution in [0.5, 0.6) is 0 Å². The number of hydrogen-bond donors (Lipinski definition) is 1. The number of nitrogens with zero attached hydrogens (tertiary/aromatic N) is 2. The number of carbonyl (C=O) groups is 2. The molecule has 1 fully saturated rings. The molecule has 2 amide bonds. The van der Waals surface area contributed by atoms with Gasteiger partial charge in [-0.3, -0.25) is 9.59 Å². The van der Waals surface area contributed by atoms with Gasteiger partial charge in [0.15, 0.2) is 0 Å². The fraction of sp³-hybridized carbons (Fsp3) is 0.423. The SMILES string of the molecule is Cc1cc(C2=NOC(c3cc(Cl)cc(Cl)c3)(C(F)(F)F)C2)ccc1C(=O)N=S(C)(=O)CCC(=O)NC1CCC1. The van der Waals surface area contributed by atoms with Gasteiger partial charge in [0.2, 0.25) is 5.91 Å². The molecule has 7 nitrogen and oxygen atoms in total. The summed E-state index contributed by atoms with van der Waals surface area (Å²) < 4.78 is 59.5. The number of aryl methyl sites for hydroxylation is 1. The van der Waals surface area contributed by atoms with Crippen LogP contribution in [0.4, 0.5) is 13.2 Å². The molecule has 210 valence electrons. The Morgan fingerprint density at radius 3 is 2.41 bits per heavy atom. The van der Waals surface area contributed by atoms with Gasteiger partial charge in [0.05, 0.1) is 15.4 Å². The number of rotatable bonds is 7. The number of nitrogens with one attached hydrogen (secondary N) is 1. The topological polar surface area (TPSA) is 97.2 Å². The van der Waals surface area contributed by atoms with E-state index >= 15 is 0 Å². The van der Waals surface area contributed by atoms with E-state index in [1.807, 2.05) is 0 Å². The van der Waals surface area contributed by atoms with E-state index in [1.54, 1.807) is 6.92 Å². The van der Waals surface area contributed by atoms with Gasteiger partial charge < -0.3 is 10.2 Å². The van der Waals surface area contributed by atoms with Crippen molar-refractivity contribution in [3.05, 3.63) is 68.7 Å². The molecule has 1 heterocycles. The molecule has 1 aliphatic carbocycles. The maximum absolute atomic E-state index is 14.3. The Hall–Kier alpha value is -2.63. The molecular formula is C26H26Cl2F3N3O4S. The van der Waals surface area contributed by atoms with Gasteiger partial charge in [-0.05, 0) is 67.6 Å². The minimum absolute atomic E-state index is 0.0132. The van der Waals surface area contributed by atoms with Gasteiger partial charge >= 0.3 is 6.18 Å². The summed E-state index contributed by atoms with van der Waals surface area (Å²) in [6, 6.07) is 8.05. The minimum Gasteiger partial charge on any atom is -0.374 e. The average molecular weight is 604 g/mol. The van der Waals surface area contributed by atoms with Gasteiger partial charge in [-0.1, -0.05) is 34.4 Å². The standard InChI is InChI=1S/C26H26Cl2F3N3O4S/c1-15-10-16(22-14-25(38-33-22,26(29,30)31)17-11-18(27)13-19(28)12-17)6-7-21(15)24(36)34-39(2,37)9-8-23(35)32-20-4-3-5-20/h6-7,10-13,20H,3-5,8-9,14H2,1-2H3,(H,32,35). The highest BCUT2D eigenvalue weighted by Crippen LogP contribution is 2.49. The van der Waals surface area contributed by atoms with E-state index in [-0.39, 0.29) is 51.0 Å². The predicted octanol–water partition coefficient (Wildman–Crippen LogP) is 6.18. The zero-order valence-electron chi connectivity index (χ0n) is 21.1. The first-order valence-corrected chi connectivity index (χ1v) is 15.0. The Bertz CT molecular complexity index is 1450. The lowest BCUT2D eigenvalue weighted by Gasteiger charge is -2.29. The number of benzene rings is 2. The third-order valence-corrected chi connectivity index (χ3v) is 8.71. The Labute approximate surface area is 234 Å². The highest BCUT2D eigenvalue weighted by molar-refractivity contribution is 7.93. The average Bonchev–Trinajstić information content (AvgIpc) is 3.26. The van der Waals surface area contributed by atoms with Gasteiger partial charge in [-0.2, -0.15) is 17.5 Å². The van der Waals surface area contributed by atoms with Crippen LogP contribution in [0.15, 0.2) is 45.9 Å². The second-order valence-electron chi connectivity index (χ2n) is 9.82. The lowest BCUT2D eigenvalue weighted by atomic mass is 9.86. The number of oxime groups is 1. The Balaban J connectivity index is 1.50. The number of hydrogen-bond acceptors (Lipinski definition) is 5. The zero-order valence-corrected chi connectivity index (χ0v) is 23.4. The van der Waals surface area contributed by atoms with Gasteiger partial charge in [-0.25, -0.2) is 4.21 Å². The van der Waals surface area contributed by atoms with Crippen molar-refractivity contribution < 1.29 is 31.8 Å². The largest absolute Gasteiger partial charge is 0.435 e. The van der Waals surface area contributed by atoms with Gasteiger partial charge in [0.25, 0.3) is 11.5 Å². The number of alkyl halides is 3. The van der Waals surface area contributed by atoms with Crippen LogP contribution in [-0.2, 0) is 25.0 Å². The molecule has 2 unspecified atom stereocenters. The van der Waals surface area contributed by atoms with Crippen LogP contribution in [0.25, 0.3) is 0 Å². The predicted molar refractivity (Wildman–Crippen MR) is 144 cm³/mol. The zero-order chi connectivity index (χ0) is 28.6. The second-order valence-corrected chi connectivity index (χ2v) is 13.2. The van der Waals surface area contributed by atoms with E-state index in [2.05, 4.69) is 14.8 Å². The first-order chi connectivity index (χ1) is 18.2. The molecule has 1 N–H and O–H groups in total. The van der Waals surface area contributed by atoms with Gasteiger partial charge in [-0.15, -0.1) is 0 Å². The first kappa shape index (κ1) is 29.4. The summed E-state index contributed by atoms with van der Waals surface area (Å²) >= 11 is 11.9. The summed E-state index contributed by atoms with van der Waals surface area (Å²) in [4.78, 5) is 29.9. The summed E-state index contributed by atoms with van der Waals surface area (Å²) in [6.07, 6.45) is -1.26. The molecule has 0 aromatic heterocycles. The fourth-order valence-corrected chi connectivity index (χ4v) is 5.96. The maximum atomic E-state index is 14.3. The Morgan fingerprint density at radius 1 is 1.18 bits per heavy atom. The van der Waals surface area contributed by atoms with Crippen molar-refractivity contribution in [2.24, 2.45) is 9.52 Å². The van der Waals surface area contributed by atoms with E-state index in [1.165, 1.54) is 30.5 Å². The quantitative estimate of drug-likeness (QED) is 0.408. The van der Waals surface area contributed by atoms with Crippen LogP contribution in [0.2, 0.25) is 10.0 Å². The number of halogens is 5. The van der Waals surface area contributed by atoms with Crippen molar-refractivity contribution in [3.63, 3.8) is 0 Å². The number of amides is 2. The minimum atomic E-state index is -4.84. The molecule has 1 aliphatic heterocycles. The van der Waals surface area contributed by atoms with E-state index in [9.17, 15) is 27.0 Å². The summed E-state index contributed by atoms with van der Waals surface area (Å²) in [6.45, 7) is 1.58. The molecular weight excluding hydrogens is 578 g/mol. The van der Waals surface area contributed by atoms with E-state index < -0.39 is 33.8 Å². The third-order valence-electron chi connectivity index (χ3n) is 6.76. The monoisotopic (exact) mass is 603 g/mol. The normalized spacial score (nSPS) is 20.8. The lowest BCUT2D eigenvalue weighted by Crippen LogP contribution is -2.42. The molecule has 0 bridgehead atoms.